The number of H-pyrrole nitrogens is 1. The molecule has 0 atom stereocenters. The van der Waals surface area contributed by atoms with E-state index in [1.54, 1.807) is 6.20 Å². The van der Waals surface area contributed by atoms with Gasteiger partial charge in [-0.2, -0.15) is 10.1 Å². The van der Waals surface area contributed by atoms with Gasteiger partial charge in [-0.1, -0.05) is 0 Å². The van der Waals surface area contributed by atoms with Crippen molar-refractivity contribution in [3.05, 3.63) is 43.0 Å². The van der Waals surface area contributed by atoms with Crippen molar-refractivity contribution in [3.63, 3.8) is 0 Å². The molecule has 0 aromatic carbocycles. The second-order valence-corrected chi connectivity index (χ2v) is 7.69. The molecule has 138 valence electrons. The number of aliphatic hydroxyl groups is 1. The number of nitrogens with zero attached hydrogens (tertiary/aromatic N) is 4. The molecule has 1 fully saturated rings. The molecule has 0 saturated heterocycles. The fourth-order valence-corrected chi connectivity index (χ4v) is 3.87. The standard InChI is InChI=1S/C20H22N6O/c1-20(27)6-2-14(3-7-20)24-19-22-12-17-16(11-21-18(17)25-19)13-5-9-26-15(10-13)4-8-23-26/h4-5,8-12,14,27H,2-3,6-7H2,1H3,(H2,21,22,24,25)/t14-,20-. The molecule has 1 aliphatic rings. The molecule has 4 aromatic heterocycles. The summed E-state index contributed by atoms with van der Waals surface area (Å²) in [5, 5.41) is 18.7. The average molecular weight is 362 g/mol. The van der Waals surface area contributed by atoms with Crippen LogP contribution in [0.15, 0.2) is 43.0 Å². The molecule has 0 spiro atoms. The first kappa shape index (κ1) is 16.3. The first-order chi connectivity index (χ1) is 13.1. The van der Waals surface area contributed by atoms with Gasteiger partial charge in [-0.15, -0.1) is 0 Å². The Morgan fingerprint density at radius 1 is 1.30 bits per heavy atom. The number of anilines is 1. The topological polar surface area (TPSA) is 91.1 Å². The third kappa shape index (κ3) is 3.04. The highest BCUT2D eigenvalue weighted by Crippen LogP contribution is 2.31. The number of aromatic amines is 1. The van der Waals surface area contributed by atoms with E-state index in [-0.39, 0.29) is 0 Å². The van der Waals surface area contributed by atoms with Gasteiger partial charge in [-0.25, -0.2) is 9.50 Å². The molecule has 7 nitrogen and oxygen atoms in total. The Hall–Kier alpha value is -2.93. The van der Waals surface area contributed by atoms with Gasteiger partial charge >= 0.3 is 0 Å². The van der Waals surface area contributed by atoms with Gasteiger partial charge in [-0.05, 0) is 56.4 Å². The van der Waals surface area contributed by atoms with Crippen LogP contribution in [-0.2, 0) is 0 Å². The highest BCUT2D eigenvalue weighted by Gasteiger charge is 2.28. The zero-order valence-electron chi connectivity index (χ0n) is 15.2. The number of hydrogen-bond acceptors (Lipinski definition) is 5. The summed E-state index contributed by atoms with van der Waals surface area (Å²) in [4.78, 5) is 12.4. The lowest BCUT2D eigenvalue weighted by Gasteiger charge is -2.33. The minimum absolute atomic E-state index is 0.307. The third-order valence-corrected chi connectivity index (χ3v) is 5.54. The Kier molecular flexibility index (Phi) is 3.65. The lowest BCUT2D eigenvalue weighted by Crippen LogP contribution is -2.36. The lowest BCUT2D eigenvalue weighted by atomic mass is 9.84. The van der Waals surface area contributed by atoms with E-state index in [0.29, 0.717) is 12.0 Å². The normalized spacial score (nSPS) is 23.1. The van der Waals surface area contributed by atoms with Gasteiger partial charge in [0.2, 0.25) is 5.95 Å². The summed E-state index contributed by atoms with van der Waals surface area (Å²) < 4.78 is 1.85. The van der Waals surface area contributed by atoms with Crippen LogP contribution >= 0.6 is 0 Å². The van der Waals surface area contributed by atoms with Gasteiger partial charge < -0.3 is 15.4 Å². The molecular formula is C20H22N6O. The van der Waals surface area contributed by atoms with Crippen molar-refractivity contribution in [2.75, 3.05) is 5.32 Å². The van der Waals surface area contributed by atoms with Gasteiger partial charge in [0.25, 0.3) is 0 Å². The molecule has 0 aliphatic heterocycles. The number of hydrogen-bond donors (Lipinski definition) is 3. The van der Waals surface area contributed by atoms with Crippen molar-refractivity contribution < 1.29 is 5.11 Å². The van der Waals surface area contributed by atoms with Crippen LogP contribution in [0.4, 0.5) is 5.95 Å². The Morgan fingerprint density at radius 2 is 2.15 bits per heavy atom. The molecule has 1 saturated carbocycles. The van der Waals surface area contributed by atoms with Crippen molar-refractivity contribution >= 4 is 22.5 Å². The first-order valence-corrected chi connectivity index (χ1v) is 9.34. The van der Waals surface area contributed by atoms with E-state index < -0.39 is 5.60 Å². The predicted molar refractivity (Wildman–Crippen MR) is 105 cm³/mol. The SMILES string of the molecule is C[C@]1(O)CC[C@H](Nc2ncc3c(-c4ccn5nccc5c4)c[nH]c3n2)CC1. The Bertz CT molecular complexity index is 1100. The Labute approximate surface area is 156 Å². The van der Waals surface area contributed by atoms with Crippen LogP contribution < -0.4 is 5.32 Å². The molecular weight excluding hydrogens is 340 g/mol. The van der Waals surface area contributed by atoms with Crippen molar-refractivity contribution in [2.45, 2.75) is 44.2 Å². The summed E-state index contributed by atoms with van der Waals surface area (Å²) in [5.41, 5.74) is 3.52. The molecule has 4 aromatic rings. The zero-order chi connectivity index (χ0) is 18.4. The Morgan fingerprint density at radius 3 is 3.00 bits per heavy atom. The van der Waals surface area contributed by atoms with Crippen LogP contribution in [-0.4, -0.2) is 41.3 Å². The minimum atomic E-state index is -0.534. The summed E-state index contributed by atoms with van der Waals surface area (Å²) >= 11 is 0. The van der Waals surface area contributed by atoms with Crippen LogP contribution in [0, 0.1) is 0 Å². The summed E-state index contributed by atoms with van der Waals surface area (Å²) in [6.45, 7) is 1.91. The van der Waals surface area contributed by atoms with Crippen molar-refractivity contribution in [2.24, 2.45) is 0 Å². The van der Waals surface area contributed by atoms with E-state index in [2.05, 4.69) is 31.4 Å². The summed E-state index contributed by atoms with van der Waals surface area (Å²) in [5.74, 6) is 0.633. The van der Waals surface area contributed by atoms with Gasteiger partial charge in [-0.3, -0.25) is 0 Å². The van der Waals surface area contributed by atoms with Crippen molar-refractivity contribution in [1.82, 2.24) is 24.6 Å². The van der Waals surface area contributed by atoms with Gasteiger partial charge in [0.1, 0.15) is 5.65 Å². The summed E-state index contributed by atoms with van der Waals surface area (Å²) in [6, 6.07) is 6.44. The molecule has 5 rings (SSSR count). The highest BCUT2D eigenvalue weighted by atomic mass is 16.3. The minimum Gasteiger partial charge on any atom is -0.390 e. The fourth-order valence-electron chi connectivity index (χ4n) is 3.87. The number of pyridine rings is 1. The third-order valence-electron chi connectivity index (χ3n) is 5.54. The molecule has 0 radical (unpaired) electrons. The van der Waals surface area contributed by atoms with E-state index >= 15 is 0 Å². The molecule has 0 amide bonds. The summed E-state index contributed by atoms with van der Waals surface area (Å²) in [7, 11) is 0. The average Bonchev–Trinajstić information content (AvgIpc) is 3.29. The molecule has 3 N–H and O–H groups in total. The molecule has 27 heavy (non-hydrogen) atoms. The van der Waals surface area contributed by atoms with Gasteiger partial charge in [0, 0.05) is 41.8 Å². The van der Waals surface area contributed by atoms with Crippen LogP contribution in [0.5, 0.6) is 0 Å². The van der Waals surface area contributed by atoms with Crippen LogP contribution in [0.1, 0.15) is 32.6 Å². The van der Waals surface area contributed by atoms with E-state index in [0.717, 1.165) is 53.4 Å². The molecule has 1 aliphatic carbocycles. The van der Waals surface area contributed by atoms with Gasteiger partial charge in [0.05, 0.1) is 11.1 Å². The van der Waals surface area contributed by atoms with Gasteiger partial charge in [0.15, 0.2) is 0 Å². The maximum atomic E-state index is 10.1. The maximum Gasteiger partial charge on any atom is 0.224 e. The second kappa shape index (κ2) is 6.06. The lowest BCUT2D eigenvalue weighted by molar-refractivity contribution is 0.0196. The molecule has 4 heterocycles. The largest absolute Gasteiger partial charge is 0.390 e. The van der Waals surface area contributed by atoms with E-state index in [9.17, 15) is 5.11 Å². The number of nitrogens with one attached hydrogen (secondary N) is 2. The van der Waals surface area contributed by atoms with E-state index in [1.807, 2.05) is 42.2 Å². The van der Waals surface area contributed by atoms with Crippen LogP contribution in [0.3, 0.4) is 0 Å². The fraction of sp³-hybridized carbons (Fsp3) is 0.350. The maximum absolute atomic E-state index is 10.1. The smallest absolute Gasteiger partial charge is 0.224 e. The molecule has 0 bridgehead atoms. The monoisotopic (exact) mass is 362 g/mol. The van der Waals surface area contributed by atoms with Crippen molar-refractivity contribution in [1.29, 1.82) is 0 Å². The highest BCUT2D eigenvalue weighted by molar-refractivity contribution is 5.94. The molecule has 0 unspecified atom stereocenters. The van der Waals surface area contributed by atoms with Crippen LogP contribution in [0.25, 0.3) is 27.7 Å². The number of fused-ring (bicyclic) bond motifs is 2. The quantitative estimate of drug-likeness (QED) is 0.520. The summed E-state index contributed by atoms with van der Waals surface area (Å²) in [6.07, 6.45) is 11.1. The van der Waals surface area contributed by atoms with Crippen molar-refractivity contribution in [3.8, 4) is 11.1 Å². The van der Waals surface area contributed by atoms with E-state index in [1.165, 1.54) is 0 Å². The van der Waals surface area contributed by atoms with Crippen LogP contribution in [0.2, 0.25) is 0 Å². The first-order valence-electron chi connectivity index (χ1n) is 9.34. The molecule has 7 heteroatoms. The van der Waals surface area contributed by atoms with E-state index in [4.69, 9.17) is 0 Å². The Balaban J connectivity index is 1.41. The predicted octanol–water partition coefficient (Wildman–Crippen LogP) is 3.38. The number of rotatable bonds is 3. The second-order valence-electron chi connectivity index (χ2n) is 7.69. The zero-order valence-corrected chi connectivity index (χ0v) is 15.2. The number of aromatic nitrogens is 5.